The van der Waals surface area contributed by atoms with Gasteiger partial charge in [0, 0.05) is 27.7 Å². The summed E-state index contributed by atoms with van der Waals surface area (Å²) in [7, 11) is 1.46. The van der Waals surface area contributed by atoms with Crippen LogP contribution in [0.25, 0.3) is 6.08 Å². The molecule has 35 heavy (non-hydrogen) atoms. The van der Waals surface area contributed by atoms with Crippen LogP contribution in [-0.2, 0) is 11.4 Å². The lowest BCUT2D eigenvalue weighted by atomic mass is 10.1. The average molecular weight is 533 g/mol. The Morgan fingerprint density at radius 1 is 1.09 bits per heavy atom. The van der Waals surface area contributed by atoms with Crippen molar-refractivity contribution in [1.82, 2.24) is 0 Å². The van der Waals surface area contributed by atoms with E-state index in [1.165, 1.54) is 25.3 Å². The van der Waals surface area contributed by atoms with Gasteiger partial charge in [0.1, 0.15) is 18.2 Å². The second kappa shape index (κ2) is 11.6. The van der Waals surface area contributed by atoms with Crippen molar-refractivity contribution in [2.75, 3.05) is 12.4 Å². The summed E-state index contributed by atoms with van der Waals surface area (Å²) in [5.74, 6) is 0.0659. The third-order valence-electron chi connectivity index (χ3n) is 4.67. The van der Waals surface area contributed by atoms with Crippen molar-refractivity contribution < 1.29 is 19.2 Å². The molecule has 8 nitrogen and oxygen atoms in total. The Morgan fingerprint density at radius 3 is 2.49 bits per heavy atom. The molecule has 1 N–H and O–H groups in total. The molecule has 3 aromatic rings. The summed E-state index contributed by atoms with van der Waals surface area (Å²) in [6.07, 6.45) is 1.36. The number of methoxy groups -OCH3 is 1. The molecule has 0 saturated heterocycles. The molecule has 0 aliphatic rings. The minimum Gasteiger partial charge on any atom is -0.493 e. The van der Waals surface area contributed by atoms with Crippen molar-refractivity contribution in [1.29, 1.82) is 5.26 Å². The number of nitrogens with one attached hydrogen (secondary N) is 1. The first-order valence-corrected chi connectivity index (χ1v) is 11.0. The lowest BCUT2D eigenvalue weighted by Gasteiger charge is -2.12. The first-order chi connectivity index (χ1) is 16.7. The van der Waals surface area contributed by atoms with Gasteiger partial charge in [-0.05, 0) is 42.0 Å². The molecule has 3 rings (SSSR count). The van der Waals surface area contributed by atoms with Gasteiger partial charge in [-0.15, -0.1) is 0 Å². The van der Waals surface area contributed by atoms with Crippen molar-refractivity contribution in [2.45, 2.75) is 6.61 Å². The fraction of sp³-hybridized carbons (Fsp3) is 0.0833. The van der Waals surface area contributed by atoms with Gasteiger partial charge in [0.25, 0.3) is 11.6 Å². The predicted octanol–water partition coefficient (Wildman–Crippen LogP) is 6.69. The Bertz CT molecular complexity index is 1370. The lowest BCUT2D eigenvalue weighted by Crippen LogP contribution is -2.13. The highest BCUT2D eigenvalue weighted by atomic mass is 35.5. The second-order valence-electron chi connectivity index (χ2n) is 6.98. The average Bonchev–Trinajstić information content (AvgIpc) is 2.83. The van der Waals surface area contributed by atoms with Crippen LogP contribution in [0, 0.1) is 21.4 Å². The molecule has 0 radical (unpaired) electrons. The minimum atomic E-state index is -0.736. The number of nitriles is 1. The Hall–Kier alpha value is -3.77. The van der Waals surface area contributed by atoms with E-state index in [1.54, 1.807) is 36.4 Å². The quantitative estimate of drug-likeness (QED) is 0.150. The molecule has 1 amide bonds. The van der Waals surface area contributed by atoms with Crippen LogP contribution >= 0.6 is 34.8 Å². The smallest absolute Gasteiger partial charge is 0.271 e. The van der Waals surface area contributed by atoms with E-state index in [4.69, 9.17) is 44.3 Å². The van der Waals surface area contributed by atoms with Crippen LogP contribution in [0.15, 0.2) is 60.2 Å². The SMILES string of the molecule is COc1cc(/C=C(/C#N)C(=O)Nc2ccc([N+](=O)[O-])cc2Cl)ccc1OCc1ccc(Cl)cc1Cl. The summed E-state index contributed by atoms with van der Waals surface area (Å²) in [5.41, 5.74) is 0.918. The van der Waals surface area contributed by atoms with Gasteiger partial charge in [0.15, 0.2) is 11.5 Å². The third kappa shape index (κ3) is 6.64. The van der Waals surface area contributed by atoms with Crippen molar-refractivity contribution in [3.05, 3.63) is 96.5 Å². The van der Waals surface area contributed by atoms with Gasteiger partial charge in [-0.1, -0.05) is 46.9 Å². The van der Waals surface area contributed by atoms with E-state index in [9.17, 15) is 20.2 Å². The largest absolute Gasteiger partial charge is 0.493 e. The normalized spacial score (nSPS) is 10.9. The van der Waals surface area contributed by atoms with Gasteiger partial charge < -0.3 is 14.8 Å². The monoisotopic (exact) mass is 531 g/mol. The maximum Gasteiger partial charge on any atom is 0.271 e. The van der Waals surface area contributed by atoms with Crippen LogP contribution < -0.4 is 14.8 Å². The van der Waals surface area contributed by atoms with Crippen molar-refractivity contribution in [3.63, 3.8) is 0 Å². The Labute approximate surface area is 215 Å². The molecule has 0 aromatic heterocycles. The van der Waals surface area contributed by atoms with Crippen LogP contribution in [0.4, 0.5) is 11.4 Å². The molecule has 11 heteroatoms. The van der Waals surface area contributed by atoms with E-state index < -0.39 is 10.8 Å². The van der Waals surface area contributed by atoms with E-state index in [0.717, 1.165) is 11.6 Å². The number of ether oxygens (including phenoxy) is 2. The highest BCUT2D eigenvalue weighted by Crippen LogP contribution is 2.31. The highest BCUT2D eigenvalue weighted by Gasteiger charge is 2.15. The fourth-order valence-electron chi connectivity index (χ4n) is 2.91. The third-order valence-corrected chi connectivity index (χ3v) is 5.57. The lowest BCUT2D eigenvalue weighted by molar-refractivity contribution is -0.384. The maximum absolute atomic E-state index is 12.6. The maximum atomic E-state index is 12.6. The Balaban J connectivity index is 1.77. The summed E-state index contributed by atoms with van der Waals surface area (Å²) >= 11 is 18.1. The highest BCUT2D eigenvalue weighted by molar-refractivity contribution is 6.35. The van der Waals surface area contributed by atoms with Crippen LogP contribution in [0.2, 0.25) is 15.1 Å². The summed E-state index contributed by atoms with van der Waals surface area (Å²) in [6, 6.07) is 15.4. The number of anilines is 1. The van der Waals surface area contributed by atoms with E-state index >= 15 is 0 Å². The predicted molar refractivity (Wildman–Crippen MR) is 134 cm³/mol. The molecule has 0 saturated carbocycles. The summed E-state index contributed by atoms with van der Waals surface area (Å²) < 4.78 is 11.2. The van der Waals surface area contributed by atoms with Gasteiger partial charge in [-0.2, -0.15) is 5.26 Å². The zero-order valence-corrected chi connectivity index (χ0v) is 20.3. The molecule has 178 valence electrons. The van der Waals surface area contributed by atoms with Gasteiger partial charge in [0.2, 0.25) is 0 Å². The van der Waals surface area contributed by atoms with Gasteiger partial charge in [-0.3, -0.25) is 14.9 Å². The molecule has 0 aliphatic heterocycles. The number of halogens is 3. The first kappa shape index (κ1) is 25.8. The Kier molecular flexibility index (Phi) is 8.55. The number of nitro benzene ring substituents is 1. The van der Waals surface area contributed by atoms with Crippen LogP contribution in [0.3, 0.4) is 0 Å². The molecule has 0 bridgehead atoms. The number of hydrogen-bond acceptors (Lipinski definition) is 6. The number of benzene rings is 3. The number of nitro groups is 1. The number of nitrogens with zero attached hydrogens (tertiary/aromatic N) is 2. The summed E-state index contributed by atoms with van der Waals surface area (Å²) in [6.45, 7) is 0.170. The molecular formula is C24H16Cl3N3O5. The van der Waals surface area contributed by atoms with Crippen LogP contribution in [0.1, 0.15) is 11.1 Å². The van der Waals surface area contributed by atoms with Crippen molar-refractivity contribution in [2.24, 2.45) is 0 Å². The molecule has 0 unspecified atom stereocenters. The molecule has 0 aliphatic carbocycles. The zero-order valence-electron chi connectivity index (χ0n) is 18.1. The Morgan fingerprint density at radius 2 is 1.86 bits per heavy atom. The molecule has 0 atom stereocenters. The van der Waals surface area contributed by atoms with Crippen LogP contribution in [-0.4, -0.2) is 17.9 Å². The number of carbonyl (C=O) groups is 1. The number of non-ortho nitro benzene ring substituents is 1. The number of amides is 1. The van der Waals surface area contributed by atoms with E-state index in [0.29, 0.717) is 27.1 Å². The topological polar surface area (TPSA) is 114 Å². The van der Waals surface area contributed by atoms with Crippen LogP contribution in [0.5, 0.6) is 11.5 Å². The van der Waals surface area contributed by atoms with E-state index in [2.05, 4.69) is 5.32 Å². The molecule has 0 heterocycles. The number of hydrogen-bond donors (Lipinski definition) is 1. The fourth-order valence-corrected chi connectivity index (χ4v) is 3.60. The molecule has 0 spiro atoms. The summed E-state index contributed by atoms with van der Waals surface area (Å²) in [4.78, 5) is 22.8. The molecule has 0 fully saturated rings. The minimum absolute atomic E-state index is 0.0335. The number of rotatable bonds is 8. The second-order valence-corrected chi connectivity index (χ2v) is 8.23. The molecule has 3 aromatic carbocycles. The number of carbonyl (C=O) groups excluding carboxylic acids is 1. The van der Waals surface area contributed by atoms with Gasteiger partial charge in [-0.25, -0.2) is 0 Å². The standard InChI is InChI=1S/C24H16Cl3N3O5/c1-34-23-9-14(2-7-22(23)35-13-15-3-4-17(25)10-19(15)26)8-16(12-28)24(31)29-21-6-5-18(30(32)33)11-20(21)27/h2-11H,13H2,1H3,(H,29,31)/b16-8-. The summed E-state index contributed by atoms with van der Waals surface area (Å²) in [5, 5.41) is 23.7. The van der Waals surface area contributed by atoms with Crippen molar-refractivity contribution >= 4 is 58.2 Å². The van der Waals surface area contributed by atoms with E-state index in [-0.39, 0.29) is 28.6 Å². The first-order valence-electron chi connectivity index (χ1n) is 9.83. The van der Waals surface area contributed by atoms with Gasteiger partial charge >= 0.3 is 0 Å². The van der Waals surface area contributed by atoms with Gasteiger partial charge in [0.05, 0.1) is 22.7 Å². The molecular weight excluding hydrogens is 517 g/mol. The zero-order chi connectivity index (χ0) is 25.5. The van der Waals surface area contributed by atoms with E-state index in [1.807, 2.05) is 6.07 Å². The van der Waals surface area contributed by atoms with Crippen molar-refractivity contribution in [3.8, 4) is 17.6 Å².